The first-order valence-electron chi connectivity index (χ1n) is 15.1. The summed E-state index contributed by atoms with van der Waals surface area (Å²) in [6, 6.07) is 8.90. The minimum absolute atomic E-state index is 0.134. The summed E-state index contributed by atoms with van der Waals surface area (Å²) in [5, 5.41) is 20.2. The Morgan fingerprint density at radius 3 is 1.33 bits per heavy atom. The van der Waals surface area contributed by atoms with Gasteiger partial charge in [0.1, 0.15) is 11.5 Å². The predicted octanol–water partition coefficient (Wildman–Crippen LogP) is 10.8. The molecule has 0 atom stereocenters. The molecule has 0 aliphatic rings. The third-order valence-corrected chi connectivity index (χ3v) is 9.56. The molecule has 0 bridgehead atoms. The number of benzene rings is 2. The van der Waals surface area contributed by atoms with E-state index in [1.807, 2.05) is 23.5 Å². The van der Waals surface area contributed by atoms with Crippen molar-refractivity contribution in [2.24, 2.45) is 0 Å². The predicted molar refractivity (Wildman–Crippen MR) is 182 cm³/mol. The quantitative estimate of drug-likeness (QED) is 0.157. The van der Waals surface area contributed by atoms with E-state index in [0.717, 1.165) is 21.8 Å². The molecule has 0 unspecified atom stereocenters. The fourth-order valence-electron chi connectivity index (χ4n) is 4.88. The highest BCUT2D eigenvalue weighted by molar-refractivity contribution is 8.18. The number of hydrogen-bond acceptors (Lipinski definition) is 5. The summed E-state index contributed by atoms with van der Waals surface area (Å²) in [6.45, 7) is 31.3. The van der Waals surface area contributed by atoms with Crippen molar-refractivity contribution in [2.45, 2.75) is 152 Å². The summed E-state index contributed by atoms with van der Waals surface area (Å²) in [4.78, 5) is 13.3. The Kier molecular flexibility index (Phi) is 11.3. The van der Waals surface area contributed by atoms with Gasteiger partial charge >= 0.3 is 5.97 Å². The summed E-state index contributed by atoms with van der Waals surface area (Å²) in [7, 11) is 0. The lowest BCUT2D eigenvalue weighted by Gasteiger charge is -2.32. The van der Waals surface area contributed by atoms with Crippen molar-refractivity contribution >= 4 is 29.5 Å². The molecule has 2 aromatic carbocycles. The van der Waals surface area contributed by atoms with E-state index in [1.54, 1.807) is 0 Å². The van der Waals surface area contributed by atoms with Gasteiger partial charge in [-0.2, -0.15) is 0 Å². The Morgan fingerprint density at radius 1 is 0.643 bits per heavy atom. The number of carbonyl (C=O) groups is 1. The van der Waals surface area contributed by atoms with Gasteiger partial charge in [0.15, 0.2) is 0 Å². The molecule has 2 aromatic rings. The van der Waals surface area contributed by atoms with Gasteiger partial charge < -0.3 is 14.9 Å². The molecule has 2 N–H and O–H groups in total. The van der Waals surface area contributed by atoms with Gasteiger partial charge in [-0.05, 0) is 72.6 Å². The number of aliphatic carboxylic acids is 1. The van der Waals surface area contributed by atoms with Crippen LogP contribution >= 0.6 is 23.5 Å². The van der Waals surface area contributed by atoms with Gasteiger partial charge in [-0.25, -0.2) is 0 Å². The molecule has 2 rings (SSSR count). The largest absolute Gasteiger partial charge is 0.507 e. The highest BCUT2D eigenvalue weighted by Gasteiger charge is 2.32. The minimum atomic E-state index is -0.765. The standard InChI is InChI=1S/C36H56O4S2/c1-32(2,3)25-19-23(20-26(30(25)39)33(4,5)6)41-36(13,14)42-24-21-27(34(7,8)9)31(28(22-24)35(10,11)12)40-18-16-15-17-29(37)38/h19-22,39H,15-18H2,1-14H3,(H,37,38). The van der Waals surface area contributed by atoms with Crippen LogP contribution in [0.4, 0.5) is 0 Å². The number of hydrogen-bond donors (Lipinski definition) is 2. The molecule has 236 valence electrons. The lowest BCUT2D eigenvalue weighted by Crippen LogP contribution is -2.21. The summed E-state index contributed by atoms with van der Waals surface area (Å²) in [5.41, 5.74) is 3.68. The van der Waals surface area contributed by atoms with Crippen LogP contribution in [0.15, 0.2) is 34.1 Å². The zero-order valence-corrected chi connectivity index (χ0v) is 30.3. The second-order valence-corrected chi connectivity index (χ2v) is 19.7. The number of carboxylic acid groups (broad SMARTS) is 1. The Bertz CT molecular complexity index is 1180. The maximum Gasteiger partial charge on any atom is 0.303 e. The average Bonchev–Trinajstić information content (AvgIpc) is 2.76. The van der Waals surface area contributed by atoms with Crippen molar-refractivity contribution in [3.05, 3.63) is 46.5 Å². The molecule has 0 saturated carbocycles. The second kappa shape index (κ2) is 13.1. The van der Waals surface area contributed by atoms with Crippen molar-refractivity contribution in [3.8, 4) is 11.5 Å². The summed E-state index contributed by atoms with van der Waals surface area (Å²) < 4.78 is 6.26. The van der Waals surface area contributed by atoms with Gasteiger partial charge in [0.25, 0.3) is 0 Å². The van der Waals surface area contributed by atoms with E-state index >= 15 is 0 Å². The van der Waals surface area contributed by atoms with E-state index in [9.17, 15) is 9.90 Å². The number of aromatic hydroxyl groups is 1. The van der Waals surface area contributed by atoms with Crippen LogP contribution in [0, 0.1) is 0 Å². The highest BCUT2D eigenvalue weighted by Crippen LogP contribution is 2.51. The highest BCUT2D eigenvalue weighted by atomic mass is 32.2. The summed E-state index contributed by atoms with van der Waals surface area (Å²) >= 11 is 3.69. The van der Waals surface area contributed by atoms with Gasteiger partial charge in [-0.3, -0.25) is 4.79 Å². The Labute approximate surface area is 264 Å². The van der Waals surface area contributed by atoms with E-state index < -0.39 is 5.97 Å². The molecule has 42 heavy (non-hydrogen) atoms. The lowest BCUT2D eigenvalue weighted by atomic mass is 9.79. The number of ether oxygens (including phenoxy) is 1. The third kappa shape index (κ3) is 10.1. The first-order chi connectivity index (χ1) is 18.8. The van der Waals surface area contributed by atoms with Gasteiger partial charge in [-0.15, -0.1) is 23.5 Å². The molecule has 0 spiro atoms. The Morgan fingerprint density at radius 2 is 1.00 bits per heavy atom. The van der Waals surface area contributed by atoms with Gasteiger partial charge in [0.05, 0.1) is 10.7 Å². The number of phenolic OH excluding ortho intramolecular Hbond substituents is 1. The molecule has 0 aliphatic carbocycles. The molecule has 0 amide bonds. The SMILES string of the molecule is CC(C)(Sc1cc(C(C)(C)C)c(O)c(C(C)(C)C)c1)Sc1cc(C(C)(C)C)c(OCCCCC(=O)O)c(C(C)(C)C)c1. The number of carboxylic acids is 1. The topological polar surface area (TPSA) is 66.8 Å². The molecule has 0 heterocycles. The van der Waals surface area contributed by atoms with Crippen molar-refractivity contribution in [1.82, 2.24) is 0 Å². The Balaban J connectivity index is 2.53. The fourth-order valence-corrected chi connectivity index (χ4v) is 7.47. The van der Waals surface area contributed by atoms with Crippen molar-refractivity contribution < 1.29 is 19.7 Å². The zero-order chi connectivity index (χ0) is 32.5. The maximum absolute atomic E-state index is 11.2. The number of rotatable bonds is 10. The first kappa shape index (κ1) is 36.4. The second-order valence-electron chi connectivity index (χ2n) is 16.0. The summed E-state index contributed by atoms with van der Waals surface area (Å²) in [6.07, 6.45) is 1.48. The molecule has 0 radical (unpaired) electrons. The molecule has 0 fully saturated rings. The number of thioether (sulfide) groups is 2. The lowest BCUT2D eigenvalue weighted by molar-refractivity contribution is -0.137. The molecule has 4 nitrogen and oxygen atoms in total. The van der Waals surface area contributed by atoms with Crippen LogP contribution in [0.2, 0.25) is 0 Å². The van der Waals surface area contributed by atoms with Gasteiger partial charge in [0.2, 0.25) is 0 Å². The van der Waals surface area contributed by atoms with Gasteiger partial charge in [0, 0.05) is 38.5 Å². The third-order valence-electron chi connectivity index (χ3n) is 7.14. The average molecular weight is 617 g/mol. The zero-order valence-electron chi connectivity index (χ0n) is 28.7. The van der Waals surface area contributed by atoms with Crippen LogP contribution in [0.25, 0.3) is 0 Å². The van der Waals surface area contributed by atoms with Gasteiger partial charge in [-0.1, -0.05) is 83.1 Å². The van der Waals surface area contributed by atoms with E-state index in [1.165, 1.54) is 16.0 Å². The van der Waals surface area contributed by atoms with Crippen LogP contribution in [0.5, 0.6) is 11.5 Å². The Hall–Kier alpha value is -1.79. The molecule has 0 aliphatic heterocycles. The normalized spacial score (nSPS) is 13.4. The number of unbranched alkanes of at least 4 members (excludes halogenated alkanes) is 1. The molecule has 0 saturated heterocycles. The molecular weight excluding hydrogens is 561 g/mol. The minimum Gasteiger partial charge on any atom is -0.507 e. The van der Waals surface area contributed by atoms with Crippen molar-refractivity contribution in [2.75, 3.05) is 6.61 Å². The van der Waals surface area contributed by atoms with Crippen LogP contribution < -0.4 is 4.74 Å². The van der Waals surface area contributed by atoms with Crippen LogP contribution in [0.1, 0.15) is 138 Å². The van der Waals surface area contributed by atoms with Crippen molar-refractivity contribution in [1.29, 1.82) is 0 Å². The molecule has 6 heteroatoms. The van der Waals surface area contributed by atoms with E-state index in [4.69, 9.17) is 9.84 Å². The molecular formula is C36H56O4S2. The maximum atomic E-state index is 11.2. The fraction of sp³-hybridized carbons (Fsp3) is 0.639. The van der Waals surface area contributed by atoms with E-state index in [-0.39, 0.29) is 32.2 Å². The van der Waals surface area contributed by atoms with E-state index in [0.29, 0.717) is 25.2 Å². The van der Waals surface area contributed by atoms with Crippen LogP contribution in [-0.4, -0.2) is 26.9 Å². The van der Waals surface area contributed by atoms with E-state index in [2.05, 4.69) is 121 Å². The number of phenols is 1. The molecule has 0 aromatic heterocycles. The van der Waals surface area contributed by atoms with Crippen LogP contribution in [-0.2, 0) is 26.5 Å². The van der Waals surface area contributed by atoms with Crippen LogP contribution in [0.3, 0.4) is 0 Å². The smallest absolute Gasteiger partial charge is 0.303 e. The van der Waals surface area contributed by atoms with Crippen molar-refractivity contribution in [3.63, 3.8) is 0 Å². The summed E-state index contributed by atoms with van der Waals surface area (Å²) in [5.74, 6) is 0.579. The monoisotopic (exact) mass is 616 g/mol. The first-order valence-corrected chi connectivity index (χ1v) is 16.8.